The molecule has 0 aliphatic heterocycles. The zero-order valence-electron chi connectivity index (χ0n) is 22.2. The van der Waals surface area contributed by atoms with Crippen LogP contribution in [0.3, 0.4) is 0 Å². The third-order valence-corrected chi connectivity index (χ3v) is 6.42. The number of imidazole rings is 1. The molecule has 1 aromatic carbocycles. The molecule has 2 heterocycles. The molecule has 3 rings (SSSR count). The van der Waals surface area contributed by atoms with Gasteiger partial charge < -0.3 is 23.7 Å². The Balaban J connectivity index is 1.76. The first-order valence-corrected chi connectivity index (χ1v) is 13.4. The summed E-state index contributed by atoms with van der Waals surface area (Å²) in [5, 5.41) is 0.527. The van der Waals surface area contributed by atoms with Crippen LogP contribution in [0.2, 0.25) is 0 Å². The van der Waals surface area contributed by atoms with E-state index in [1.54, 1.807) is 18.4 Å². The van der Waals surface area contributed by atoms with E-state index in [0.717, 1.165) is 5.52 Å². The van der Waals surface area contributed by atoms with E-state index < -0.39 is 31.3 Å². The van der Waals surface area contributed by atoms with Crippen LogP contribution in [0.5, 0.6) is 5.75 Å². The Kier molecular flexibility index (Phi) is 11.3. The van der Waals surface area contributed by atoms with Gasteiger partial charge >= 0.3 is 12.3 Å². The standard InChI is InChI=1S/C26H32F3N3O6S/c1-5-34-13-19(14-35-6-2)38-25(33)37-18(4)32-22-10-8-7-9-20(22)31-24(32)39-15-21-17(3)23(11-12-30-21)36-16-26(27,28)29/h7-12,18-19H,5-6,13-16H2,1-4H3. The van der Waals surface area contributed by atoms with Gasteiger partial charge in [0, 0.05) is 30.7 Å². The molecule has 0 fully saturated rings. The van der Waals surface area contributed by atoms with Crippen molar-refractivity contribution in [2.45, 2.75) is 57.1 Å². The highest BCUT2D eigenvalue weighted by molar-refractivity contribution is 7.98. The predicted molar refractivity (Wildman–Crippen MR) is 139 cm³/mol. The van der Waals surface area contributed by atoms with Crippen molar-refractivity contribution in [1.82, 2.24) is 14.5 Å². The van der Waals surface area contributed by atoms with Crippen molar-refractivity contribution in [2.24, 2.45) is 0 Å². The average molecular weight is 572 g/mol. The van der Waals surface area contributed by atoms with Crippen LogP contribution in [0.1, 0.15) is 38.3 Å². The third kappa shape index (κ3) is 9.01. The summed E-state index contributed by atoms with van der Waals surface area (Å²) in [7, 11) is 0. The van der Waals surface area contributed by atoms with E-state index >= 15 is 0 Å². The number of ether oxygens (including phenoxy) is 5. The molecule has 0 amide bonds. The van der Waals surface area contributed by atoms with E-state index in [1.165, 1.54) is 24.0 Å². The molecule has 0 N–H and O–H groups in total. The Hall–Kier alpha value is -3.03. The predicted octanol–water partition coefficient (Wildman–Crippen LogP) is 6.09. The molecule has 3 aromatic rings. The lowest BCUT2D eigenvalue weighted by Crippen LogP contribution is -2.30. The highest BCUT2D eigenvalue weighted by Crippen LogP contribution is 2.32. The molecule has 214 valence electrons. The monoisotopic (exact) mass is 571 g/mol. The summed E-state index contributed by atoms with van der Waals surface area (Å²) in [6.07, 6.45) is -5.34. The second-order valence-electron chi connectivity index (χ2n) is 8.35. The summed E-state index contributed by atoms with van der Waals surface area (Å²) >= 11 is 1.30. The van der Waals surface area contributed by atoms with Gasteiger partial charge in [0.1, 0.15) is 5.75 Å². The summed E-state index contributed by atoms with van der Waals surface area (Å²) < 4.78 is 66.3. The van der Waals surface area contributed by atoms with E-state index in [2.05, 4.69) is 9.97 Å². The van der Waals surface area contributed by atoms with Crippen molar-refractivity contribution in [1.29, 1.82) is 0 Å². The van der Waals surface area contributed by atoms with Crippen molar-refractivity contribution in [3.63, 3.8) is 0 Å². The van der Waals surface area contributed by atoms with Crippen LogP contribution in [0, 0.1) is 6.92 Å². The van der Waals surface area contributed by atoms with Crippen LogP contribution in [-0.4, -0.2) is 66.0 Å². The topological polar surface area (TPSA) is 93.9 Å². The number of rotatable bonds is 14. The number of pyridine rings is 1. The van der Waals surface area contributed by atoms with E-state index in [4.69, 9.17) is 23.7 Å². The fourth-order valence-corrected chi connectivity index (χ4v) is 4.71. The summed E-state index contributed by atoms with van der Waals surface area (Å²) in [5.41, 5.74) is 2.45. The number of hydrogen-bond donors (Lipinski definition) is 0. The van der Waals surface area contributed by atoms with Gasteiger partial charge in [-0.1, -0.05) is 23.9 Å². The van der Waals surface area contributed by atoms with Crippen LogP contribution < -0.4 is 4.74 Å². The van der Waals surface area contributed by atoms with Gasteiger partial charge in [-0.05, 0) is 45.9 Å². The first-order valence-electron chi connectivity index (χ1n) is 12.4. The lowest BCUT2D eigenvalue weighted by atomic mass is 10.2. The van der Waals surface area contributed by atoms with E-state index in [0.29, 0.717) is 40.9 Å². The van der Waals surface area contributed by atoms with Crippen molar-refractivity contribution in [2.75, 3.05) is 33.0 Å². The summed E-state index contributed by atoms with van der Waals surface area (Å²) in [6, 6.07) is 8.76. The maximum Gasteiger partial charge on any atom is 0.510 e. The van der Waals surface area contributed by atoms with Gasteiger partial charge in [-0.15, -0.1) is 0 Å². The zero-order valence-corrected chi connectivity index (χ0v) is 23.0. The zero-order chi connectivity index (χ0) is 28.4. The summed E-state index contributed by atoms with van der Waals surface area (Å²) in [5.74, 6) is 0.403. The third-order valence-electron chi connectivity index (χ3n) is 5.46. The molecule has 0 saturated heterocycles. The number of fused-ring (bicyclic) bond motifs is 1. The lowest BCUT2D eigenvalue weighted by molar-refractivity contribution is -0.153. The quantitative estimate of drug-likeness (QED) is 0.168. The molecule has 1 atom stereocenters. The first-order chi connectivity index (χ1) is 18.6. The van der Waals surface area contributed by atoms with E-state index in [1.807, 2.05) is 38.1 Å². The Morgan fingerprint density at radius 3 is 2.44 bits per heavy atom. The Morgan fingerprint density at radius 1 is 1.08 bits per heavy atom. The van der Waals surface area contributed by atoms with Crippen LogP contribution >= 0.6 is 11.8 Å². The minimum Gasteiger partial charge on any atom is -0.484 e. The molecule has 13 heteroatoms. The highest BCUT2D eigenvalue weighted by atomic mass is 32.2. The molecule has 0 bridgehead atoms. The second kappa shape index (κ2) is 14.4. The Labute approximate surface area is 228 Å². The smallest absolute Gasteiger partial charge is 0.484 e. The number of carbonyl (C=O) groups is 1. The van der Waals surface area contributed by atoms with Gasteiger partial charge in [-0.3, -0.25) is 9.55 Å². The van der Waals surface area contributed by atoms with Crippen molar-refractivity contribution < 1.29 is 41.7 Å². The van der Waals surface area contributed by atoms with Gasteiger partial charge in [-0.2, -0.15) is 13.2 Å². The molecule has 0 saturated carbocycles. The highest BCUT2D eigenvalue weighted by Gasteiger charge is 2.29. The molecule has 1 unspecified atom stereocenters. The average Bonchev–Trinajstić information content (AvgIpc) is 3.27. The van der Waals surface area contributed by atoms with E-state index in [-0.39, 0.29) is 19.0 Å². The summed E-state index contributed by atoms with van der Waals surface area (Å²) in [6.45, 7) is 6.90. The number of halogens is 3. The normalized spacial score (nSPS) is 12.6. The Bertz CT molecular complexity index is 1220. The number of alkyl halides is 3. The molecule has 0 spiro atoms. The number of benzene rings is 1. The van der Waals surface area contributed by atoms with Gasteiger partial charge in [0.2, 0.25) is 0 Å². The minimum absolute atomic E-state index is 0.111. The molecule has 9 nitrogen and oxygen atoms in total. The Morgan fingerprint density at radius 2 is 1.77 bits per heavy atom. The van der Waals surface area contributed by atoms with Crippen molar-refractivity contribution >= 4 is 29.0 Å². The fourth-order valence-electron chi connectivity index (χ4n) is 3.60. The minimum atomic E-state index is -4.45. The number of para-hydroxylation sites is 2. The van der Waals surface area contributed by atoms with Crippen LogP contribution in [-0.2, 0) is 24.7 Å². The molecular weight excluding hydrogens is 539 g/mol. The number of carbonyl (C=O) groups excluding carboxylic acids is 1. The molecule has 0 aliphatic rings. The largest absolute Gasteiger partial charge is 0.510 e. The molecule has 2 aromatic heterocycles. The first kappa shape index (κ1) is 30.5. The number of nitrogens with zero attached hydrogens (tertiary/aromatic N) is 3. The van der Waals surface area contributed by atoms with Gasteiger partial charge in [0.25, 0.3) is 0 Å². The van der Waals surface area contributed by atoms with Crippen LogP contribution in [0.4, 0.5) is 18.0 Å². The maximum absolute atomic E-state index is 12.6. The van der Waals surface area contributed by atoms with Gasteiger partial charge in [0.05, 0.1) is 29.9 Å². The van der Waals surface area contributed by atoms with E-state index in [9.17, 15) is 18.0 Å². The summed E-state index contributed by atoms with van der Waals surface area (Å²) in [4.78, 5) is 21.6. The number of hydrogen-bond acceptors (Lipinski definition) is 9. The second-order valence-corrected chi connectivity index (χ2v) is 9.29. The lowest BCUT2D eigenvalue weighted by Gasteiger charge is -2.21. The van der Waals surface area contributed by atoms with Gasteiger partial charge in [0.15, 0.2) is 24.1 Å². The SMILES string of the molecule is CCOCC(COCC)OC(=O)OC(C)n1c(SCc2nccc(OCC(F)(F)F)c2C)nc2ccccc21. The fraction of sp³-hybridized carbons (Fsp3) is 0.500. The van der Waals surface area contributed by atoms with Crippen LogP contribution in [0.25, 0.3) is 11.0 Å². The molecule has 0 aliphatic carbocycles. The van der Waals surface area contributed by atoms with Gasteiger partial charge in [-0.25, -0.2) is 9.78 Å². The molecule has 0 radical (unpaired) electrons. The van der Waals surface area contributed by atoms with Crippen molar-refractivity contribution in [3.05, 3.63) is 47.8 Å². The van der Waals surface area contributed by atoms with Crippen molar-refractivity contribution in [3.8, 4) is 5.75 Å². The number of thioether (sulfide) groups is 1. The molecular formula is C26H32F3N3O6S. The van der Waals surface area contributed by atoms with Crippen LogP contribution in [0.15, 0.2) is 41.7 Å². The number of aromatic nitrogens is 3. The molecule has 39 heavy (non-hydrogen) atoms. The maximum atomic E-state index is 12.6.